The van der Waals surface area contributed by atoms with E-state index >= 15 is 0 Å². The molecule has 12 heteroatoms. The van der Waals surface area contributed by atoms with Gasteiger partial charge in [0.2, 0.25) is 21.5 Å². The summed E-state index contributed by atoms with van der Waals surface area (Å²) in [5, 5.41) is 14.3. The molecule has 0 heterocycles. The molecule has 1 N–H and O–H groups in total. The minimum atomic E-state index is -3.64. The van der Waals surface area contributed by atoms with Crippen molar-refractivity contribution in [3.05, 3.63) is 51.6 Å². The number of nitro benzene ring substituents is 1. The van der Waals surface area contributed by atoms with E-state index in [2.05, 4.69) is 5.32 Å². The van der Waals surface area contributed by atoms with Crippen LogP contribution in [0.4, 0.5) is 5.69 Å². The van der Waals surface area contributed by atoms with Gasteiger partial charge in [-0.15, -0.1) is 0 Å². The largest absolute Gasteiger partial charge is 0.493 e. The van der Waals surface area contributed by atoms with Gasteiger partial charge in [0.1, 0.15) is 5.56 Å². The van der Waals surface area contributed by atoms with Crippen LogP contribution in [0.1, 0.15) is 29.8 Å². The molecule has 33 heavy (non-hydrogen) atoms. The maximum Gasteiger partial charge on any atom is 0.327 e. The fourth-order valence-electron chi connectivity index (χ4n) is 3.00. The van der Waals surface area contributed by atoms with Crippen molar-refractivity contribution in [1.29, 1.82) is 0 Å². The molecule has 0 aliphatic carbocycles. The van der Waals surface area contributed by atoms with Crippen LogP contribution in [0.15, 0.2) is 35.2 Å². The Morgan fingerprint density at radius 1 is 1.09 bits per heavy atom. The number of methoxy groups -OCH3 is 3. The van der Waals surface area contributed by atoms with Crippen LogP contribution in [0.3, 0.4) is 0 Å². The van der Waals surface area contributed by atoms with Crippen LogP contribution < -0.4 is 19.5 Å². The number of sulfonamides is 1. The standard InChI is InChI=1S/C21H27N3O8S/c1-13(2)23(3)33(28,29)15-9-7-14(8-10-15)12-22-21(25)16-11-17(30-4)19(31-5)20(32-6)18(16)24(26)27/h7-11,13H,12H2,1-6H3,(H,22,25). The van der Waals surface area contributed by atoms with E-state index in [4.69, 9.17) is 14.2 Å². The third kappa shape index (κ3) is 5.34. The molecule has 180 valence electrons. The van der Waals surface area contributed by atoms with Crippen molar-refractivity contribution in [2.24, 2.45) is 0 Å². The molecule has 0 atom stereocenters. The van der Waals surface area contributed by atoms with E-state index in [0.29, 0.717) is 5.56 Å². The van der Waals surface area contributed by atoms with Crippen molar-refractivity contribution < 1.29 is 32.3 Å². The number of carbonyl (C=O) groups is 1. The zero-order valence-electron chi connectivity index (χ0n) is 19.2. The van der Waals surface area contributed by atoms with Gasteiger partial charge in [-0.25, -0.2) is 8.42 Å². The van der Waals surface area contributed by atoms with Gasteiger partial charge in [-0.3, -0.25) is 14.9 Å². The van der Waals surface area contributed by atoms with Crippen LogP contribution in [0.5, 0.6) is 17.2 Å². The lowest BCUT2D eigenvalue weighted by Gasteiger charge is -2.21. The molecule has 0 aliphatic rings. The summed E-state index contributed by atoms with van der Waals surface area (Å²) in [5.41, 5.74) is -0.234. The van der Waals surface area contributed by atoms with Gasteiger partial charge in [0.25, 0.3) is 5.91 Å². The third-order valence-electron chi connectivity index (χ3n) is 5.01. The van der Waals surface area contributed by atoms with Gasteiger partial charge in [-0.1, -0.05) is 12.1 Å². The van der Waals surface area contributed by atoms with E-state index in [1.54, 1.807) is 26.0 Å². The monoisotopic (exact) mass is 481 g/mol. The second kappa shape index (κ2) is 10.5. The van der Waals surface area contributed by atoms with Crippen LogP contribution in [0.2, 0.25) is 0 Å². The van der Waals surface area contributed by atoms with E-state index in [1.165, 1.54) is 50.9 Å². The molecule has 0 fully saturated rings. The molecule has 0 radical (unpaired) electrons. The van der Waals surface area contributed by atoms with Crippen molar-refractivity contribution in [1.82, 2.24) is 9.62 Å². The topological polar surface area (TPSA) is 137 Å². The molecule has 11 nitrogen and oxygen atoms in total. The normalized spacial score (nSPS) is 11.4. The summed E-state index contributed by atoms with van der Waals surface area (Å²) in [6, 6.07) is 7.00. The number of nitro groups is 1. The first kappa shape index (κ1) is 25.9. The molecule has 0 aromatic heterocycles. The van der Waals surface area contributed by atoms with Crippen LogP contribution >= 0.6 is 0 Å². The fraction of sp³-hybridized carbons (Fsp3) is 0.381. The van der Waals surface area contributed by atoms with Gasteiger partial charge in [-0.05, 0) is 31.5 Å². The maximum atomic E-state index is 12.8. The first-order chi connectivity index (χ1) is 15.5. The Balaban J connectivity index is 2.30. The second-order valence-electron chi connectivity index (χ2n) is 7.24. The van der Waals surface area contributed by atoms with Crippen molar-refractivity contribution in [3.8, 4) is 17.2 Å². The van der Waals surface area contributed by atoms with Gasteiger partial charge in [0.15, 0.2) is 5.75 Å². The SMILES string of the molecule is COc1cc(C(=O)NCc2ccc(S(=O)(=O)N(C)C(C)C)cc2)c([N+](=O)[O-])c(OC)c1OC. The van der Waals surface area contributed by atoms with Crippen LogP contribution in [0, 0.1) is 10.1 Å². The quantitative estimate of drug-likeness (QED) is 0.404. The zero-order valence-corrected chi connectivity index (χ0v) is 20.1. The molecule has 0 spiro atoms. The maximum absolute atomic E-state index is 12.8. The second-order valence-corrected chi connectivity index (χ2v) is 9.24. The highest BCUT2D eigenvalue weighted by Gasteiger charge is 2.32. The lowest BCUT2D eigenvalue weighted by Crippen LogP contribution is -2.33. The van der Waals surface area contributed by atoms with Crippen molar-refractivity contribution in [2.45, 2.75) is 31.3 Å². The highest BCUT2D eigenvalue weighted by atomic mass is 32.2. The predicted molar refractivity (Wildman–Crippen MR) is 120 cm³/mol. The number of benzene rings is 2. The summed E-state index contributed by atoms with van der Waals surface area (Å²) < 4.78 is 41.8. The molecule has 2 rings (SSSR count). The lowest BCUT2D eigenvalue weighted by molar-refractivity contribution is -0.386. The molecule has 1 amide bonds. The summed E-state index contributed by atoms with van der Waals surface area (Å²) in [4.78, 5) is 23.9. The Morgan fingerprint density at radius 3 is 2.12 bits per heavy atom. The highest BCUT2D eigenvalue weighted by Crippen LogP contribution is 2.46. The van der Waals surface area contributed by atoms with Gasteiger partial charge < -0.3 is 19.5 Å². The minimum Gasteiger partial charge on any atom is -0.493 e. The summed E-state index contributed by atoms with van der Waals surface area (Å²) in [6.07, 6.45) is 0. The van der Waals surface area contributed by atoms with Crippen LogP contribution in [0.25, 0.3) is 0 Å². The lowest BCUT2D eigenvalue weighted by atomic mass is 10.1. The molecule has 0 saturated carbocycles. The Morgan fingerprint density at radius 2 is 1.67 bits per heavy atom. The summed E-state index contributed by atoms with van der Waals surface area (Å²) in [5.74, 6) is -0.895. The van der Waals surface area contributed by atoms with E-state index in [9.17, 15) is 23.3 Å². The number of hydrogen-bond acceptors (Lipinski definition) is 8. The van der Waals surface area contributed by atoms with Gasteiger partial charge >= 0.3 is 5.69 Å². The number of nitrogens with zero attached hydrogens (tertiary/aromatic N) is 2. The van der Waals surface area contributed by atoms with E-state index in [-0.39, 0.29) is 40.3 Å². The number of ether oxygens (including phenoxy) is 3. The molecule has 0 aliphatic heterocycles. The first-order valence-electron chi connectivity index (χ1n) is 9.82. The smallest absolute Gasteiger partial charge is 0.327 e. The minimum absolute atomic E-state index is 0.00694. The molecule has 0 unspecified atom stereocenters. The third-order valence-corrected chi connectivity index (χ3v) is 7.06. The summed E-state index contributed by atoms with van der Waals surface area (Å²) >= 11 is 0. The number of rotatable bonds is 10. The van der Waals surface area contributed by atoms with Crippen molar-refractivity contribution in [2.75, 3.05) is 28.4 Å². The zero-order chi connectivity index (χ0) is 24.9. The molecular weight excluding hydrogens is 454 g/mol. The fourth-order valence-corrected chi connectivity index (χ4v) is 4.36. The Kier molecular flexibility index (Phi) is 8.23. The average molecular weight is 482 g/mol. The molecule has 2 aromatic rings. The van der Waals surface area contributed by atoms with Gasteiger partial charge in [0.05, 0.1) is 31.1 Å². The molecule has 2 aromatic carbocycles. The summed E-state index contributed by atoms with van der Waals surface area (Å²) in [7, 11) is 1.71. The Bertz CT molecular complexity index is 1130. The van der Waals surface area contributed by atoms with Gasteiger partial charge in [-0.2, -0.15) is 4.31 Å². The number of carbonyl (C=O) groups excluding carboxylic acids is 1. The molecule has 0 saturated heterocycles. The van der Waals surface area contributed by atoms with E-state index < -0.39 is 26.5 Å². The average Bonchev–Trinajstić information content (AvgIpc) is 2.80. The summed E-state index contributed by atoms with van der Waals surface area (Å²) in [6.45, 7) is 3.54. The van der Waals surface area contributed by atoms with Crippen LogP contribution in [-0.2, 0) is 16.6 Å². The number of amides is 1. The first-order valence-corrected chi connectivity index (χ1v) is 11.3. The van der Waals surface area contributed by atoms with Crippen molar-refractivity contribution >= 4 is 21.6 Å². The Labute approximate surface area is 192 Å². The van der Waals surface area contributed by atoms with E-state index in [1.807, 2.05) is 0 Å². The molecule has 0 bridgehead atoms. The molecular formula is C21H27N3O8S. The number of hydrogen-bond donors (Lipinski definition) is 1. The number of nitrogens with one attached hydrogen (secondary N) is 1. The van der Waals surface area contributed by atoms with E-state index in [0.717, 1.165) is 0 Å². The van der Waals surface area contributed by atoms with Gasteiger partial charge in [0, 0.05) is 25.7 Å². The highest BCUT2D eigenvalue weighted by molar-refractivity contribution is 7.89. The predicted octanol–water partition coefficient (Wildman–Crippen LogP) is 2.58. The van der Waals surface area contributed by atoms with Crippen molar-refractivity contribution in [3.63, 3.8) is 0 Å². The van der Waals surface area contributed by atoms with Crippen LogP contribution in [-0.4, -0.2) is 58.0 Å². The Hall–Kier alpha value is -3.38.